The van der Waals surface area contributed by atoms with E-state index in [1.54, 1.807) is 6.92 Å². The molecule has 0 aromatic carbocycles. The van der Waals surface area contributed by atoms with E-state index in [4.69, 9.17) is 4.74 Å². The Morgan fingerprint density at radius 2 is 2.31 bits per heavy atom. The van der Waals surface area contributed by atoms with Crippen molar-refractivity contribution < 1.29 is 14.3 Å². The average Bonchev–Trinajstić information content (AvgIpc) is 2.11. The van der Waals surface area contributed by atoms with Gasteiger partial charge in [-0.25, -0.2) is 4.79 Å². The van der Waals surface area contributed by atoms with Crippen molar-refractivity contribution in [2.75, 3.05) is 19.7 Å². The van der Waals surface area contributed by atoms with Crippen molar-refractivity contribution in [2.45, 2.75) is 19.4 Å². The van der Waals surface area contributed by atoms with Gasteiger partial charge < -0.3 is 10.1 Å². The Balaban J connectivity index is 2.71. The topological polar surface area (TPSA) is 67.4 Å². The monoisotopic (exact) mass is 186 g/mol. The van der Waals surface area contributed by atoms with Gasteiger partial charge in [0, 0.05) is 13.1 Å². The number of nitrogens with one attached hydrogen (secondary N) is 2. The molecule has 1 amide bonds. The van der Waals surface area contributed by atoms with Gasteiger partial charge in [0.1, 0.15) is 0 Å². The summed E-state index contributed by atoms with van der Waals surface area (Å²) in [4.78, 5) is 22.7. The molecule has 1 aliphatic rings. The van der Waals surface area contributed by atoms with Gasteiger partial charge in [0.25, 0.3) is 5.91 Å². The van der Waals surface area contributed by atoms with E-state index in [0.717, 1.165) is 0 Å². The molecule has 1 unspecified atom stereocenters. The second kappa shape index (κ2) is 3.74. The molecule has 0 saturated carbocycles. The van der Waals surface area contributed by atoms with Crippen LogP contribution in [-0.4, -0.2) is 37.1 Å². The maximum Gasteiger partial charge on any atom is 0.335 e. The van der Waals surface area contributed by atoms with E-state index in [2.05, 4.69) is 10.6 Å². The van der Waals surface area contributed by atoms with Crippen molar-refractivity contribution >= 4 is 11.9 Å². The standard InChI is InChI=1S/C8H14N2O3/c1-3-13-7(12)8(2)6(11)9-4-5-10-8/h10H,3-5H2,1-2H3,(H,9,11). The molecule has 1 heterocycles. The number of amides is 1. The van der Waals surface area contributed by atoms with Crippen LogP contribution in [0.15, 0.2) is 0 Å². The molecule has 1 saturated heterocycles. The Hall–Kier alpha value is -1.10. The Bertz CT molecular complexity index is 229. The lowest BCUT2D eigenvalue weighted by Gasteiger charge is -2.31. The normalized spacial score (nSPS) is 28.0. The lowest BCUT2D eigenvalue weighted by atomic mass is 9.99. The van der Waals surface area contributed by atoms with Crippen LogP contribution < -0.4 is 10.6 Å². The third-order valence-electron chi connectivity index (χ3n) is 2.03. The number of hydrogen-bond acceptors (Lipinski definition) is 4. The van der Waals surface area contributed by atoms with Crippen LogP contribution in [0.2, 0.25) is 0 Å². The average molecular weight is 186 g/mol. The molecule has 1 fully saturated rings. The summed E-state index contributed by atoms with van der Waals surface area (Å²) in [7, 11) is 0. The first-order valence-electron chi connectivity index (χ1n) is 4.32. The summed E-state index contributed by atoms with van der Waals surface area (Å²) >= 11 is 0. The zero-order chi connectivity index (χ0) is 9.90. The number of piperazine rings is 1. The molecule has 0 aromatic rings. The van der Waals surface area contributed by atoms with E-state index in [1.807, 2.05) is 0 Å². The van der Waals surface area contributed by atoms with Gasteiger partial charge in [-0.05, 0) is 13.8 Å². The number of rotatable bonds is 2. The summed E-state index contributed by atoms with van der Waals surface area (Å²) in [5.41, 5.74) is -1.21. The van der Waals surface area contributed by atoms with Crippen molar-refractivity contribution in [3.05, 3.63) is 0 Å². The fourth-order valence-electron chi connectivity index (χ4n) is 1.19. The fourth-order valence-corrected chi connectivity index (χ4v) is 1.19. The Morgan fingerprint density at radius 3 is 2.85 bits per heavy atom. The Kier molecular flexibility index (Phi) is 2.87. The van der Waals surface area contributed by atoms with Crippen LogP contribution >= 0.6 is 0 Å². The molecule has 0 radical (unpaired) electrons. The summed E-state index contributed by atoms with van der Waals surface area (Å²) in [6, 6.07) is 0. The first-order valence-corrected chi connectivity index (χ1v) is 4.32. The third kappa shape index (κ3) is 1.80. The molecule has 74 valence electrons. The van der Waals surface area contributed by atoms with Crippen LogP contribution in [0.5, 0.6) is 0 Å². The van der Waals surface area contributed by atoms with Gasteiger partial charge in [-0.15, -0.1) is 0 Å². The van der Waals surface area contributed by atoms with E-state index in [0.29, 0.717) is 13.1 Å². The second-order valence-electron chi connectivity index (χ2n) is 3.03. The highest BCUT2D eigenvalue weighted by atomic mass is 16.5. The lowest BCUT2D eigenvalue weighted by Crippen LogP contribution is -2.66. The van der Waals surface area contributed by atoms with Gasteiger partial charge in [-0.2, -0.15) is 0 Å². The SMILES string of the molecule is CCOC(=O)C1(C)NCCNC1=O. The van der Waals surface area contributed by atoms with E-state index in [1.165, 1.54) is 6.92 Å². The molecular formula is C8H14N2O3. The third-order valence-corrected chi connectivity index (χ3v) is 2.03. The number of carbonyl (C=O) groups excluding carboxylic acids is 2. The van der Waals surface area contributed by atoms with Crippen LogP contribution in [-0.2, 0) is 14.3 Å². The predicted octanol–water partition coefficient (Wildman–Crippen LogP) is -0.972. The maximum atomic E-state index is 11.4. The molecule has 5 nitrogen and oxygen atoms in total. The molecule has 13 heavy (non-hydrogen) atoms. The Morgan fingerprint density at radius 1 is 1.62 bits per heavy atom. The molecule has 0 aliphatic carbocycles. The summed E-state index contributed by atoms with van der Waals surface area (Å²) < 4.78 is 4.79. The first kappa shape index (κ1) is 9.98. The van der Waals surface area contributed by atoms with Crippen molar-refractivity contribution in [1.82, 2.24) is 10.6 Å². The van der Waals surface area contributed by atoms with Crippen molar-refractivity contribution in [2.24, 2.45) is 0 Å². The molecule has 5 heteroatoms. The van der Waals surface area contributed by atoms with Gasteiger partial charge >= 0.3 is 5.97 Å². The number of ether oxygens (including phenoxy) is 1. The van der Waals surface area contributed by atoms with Gasteiger partial charge in [0.2, 0.25) is 0 Å². The zero-order valence-electron chi connectivity index (χ0n) is 7.85. The lowest BCUT2D eigenvalue weighted by molar-refractivity contribution is -0.156. The minimum atomic E-state index is -1.21. The predicted molar refractivity (Wildman–Crippen MR) is 46.1 cm³/mol. The van der Waals surface area contributed by atoms with E-state index in [-0.39, 0.29) is 12.5 Å². The molecule has 2 N–H and O–H groups in total. The quantitative estimate of drug-likeness (QED) is 0.430. The van der Waals surface area contributed by atoms with Crippen molar-refractivity contribution in [3.8, 4) is 0 Å². The molecule has 0 spiro atoms. The molecule has 1 rings (SSSR count). The highest BCUT2D eigenvalue weighted by molar-refractivity contribution is 6.07. The second-order valence-corrected chi connectivity index (χ2v) is 3.03. The minimum absolute atomic E-state index is 0.281. The molecular weight excluding hydrogens is 172 g/mol. The fraction of sp³-hybridized carbons (Fsp3) is 0.750. The number of esters is 1. The van der Waals surface area contributed by atoms with Gasteiger partial charge in [-0.1, -0.05) is 0 Å². The summed E-state index contributed by atoms with van der Waals surface area (Å²) in [6.07, 6.45) is 0. The van der Waals surface area contributed by atoms with Crippen LogP contribution in [0, 0.1) is 0 Å². The highest BCUT2D eigenvalue weighted by Crippen LogP contribution is 2.09. The van der Waals surface area contributed by atoms with Crippen molar-refractivity contribution in [1.29, 1.82) is 0 Å². The smallest absolute Gasteiger partial charge is 0.335 e. The van der Waals surface area contributed by atoms with E-state index in [9.17, 15) is 9.59 Å². The number of carbonyl (C=O) groups is 2. The summed E-state index contributed by atoms with van der Waals surface area (Å²) in [5, 5.41) is 5.45. The van der Waals surface area contributed by atoms with Crippen LogP contribution in [0.25, 0.3) is 0 Å². The van der Waals surface area contributed by atoms with Crippen molar-refractivity contribution in [3.63, 3.8) is 0 Å². The molecule has 1 aliphatic heterocycles. The van der Waals surface area contributed by atoms with Gasteiger partial charge in [-0.3, -0.25) is 10.1 Å². The largest absolute Gasteiger partial charge is 0.464 e. The Labute approximate surface area is 76.8 Å². The highest BCUT2D eigenvalue weighted by Gasteiger charge is 2.43. The summed E-state index contributed by atoms with van der Waals surface area (Å²) in [5.74, 6) is -0.843. The van der Waals surface area contributed by atoms with Crippen LogP contribution in [0.4, 0.5) is 0 Å². The first-order chi connectivity index (χ1) is 6.11. The molecule has 0 aromatic heterocycles. The number of hydrogen-bond donors (Lipinski definition) is 2. The van der Waals surface area contributed by atoms with E-state index < -0.39 is 11.5 Å². The van der Waals surface area contributed by atoms with Crippen LogP contribution in [0.3, 0.4) is 0 Å². The minimum Gasteiger partial charge on any atom is -0.464 e. The molecule has 0 bridgehead atoms. The van der Waals surface area contributed by atoms with Crippen LogP contribution in [0.1, 0.15) is 13.8 Å². The zero-order valence-corrected chi connectivity index (χ0v) is 7.85. The maximum absolute atomic E-state index is 11.4. The van der Waals surface area contributed by atoms with E-state index >= 15 is 0 Å². The van der Waals surface area contributed by atoms with Gasteiger partial charge in [0.15, 0.2) is 5.54 Å². The van der Waals surface area contributed by atoms with Gasteiger partial charge in [0.05, 0.1) is 6.61 Å². The summed E-state index contributed by atoms with van der Waals surface area (Å²) in [6.45, 7) is 4.65. The molecule has 1 atom stereocenters.